The number of rotatable bonds is 7. The van der Waals surface area contributed by atoms with Crippen molar-refractivity contribution in [3.8, 4) is 5.88 Å². The van der Waals surface area contributed by atoms with E-state index < -0.39 is 6.10 Å². The standard InChI is InChI=1S/C24H27N5O4S/c1-32-22-7-4-17-23(29-22)14(8-9-25-17)10-18(30)19-5-2-16(12-33-19)26-11-15-3-6-20-24(27-15)28-21(31)13-34-20/h3-4,6-9,16,18-19,26,30H,2,5,10-13H2,1H3,(H,27,28,31)/t16-,18?,19+/m1/s1. The van der Waals surface area contributed by atoms with E-state index in [1.807, 2.05) is 24.3 Å². The first kappa shape index (κ1) is 23.0. The number of methoxy groups -OCH3 is 1. The minimum atomic E-state index is -0.636. The first-order valence-electron chi connectivity index (χ1n) is 11.3. The third kappa shape index (κ3) is 5.15. The second-order valence-corrected chi connectivity index (χ2v) is 9.49. The molecule has 0 aliphatic carbocycles. The summed E-state index contributed by atoms with van der Waals surface area (Å²) in [5.41, 5.74) is 3.30. The number of fused-ring (bicyclic) bond motifs is 2. The summed E-state index contributed by atoms with van der Waals surface area (Å²) in [6.45, 7) is 1.11. The fraction of sp³-hybridized carbons (Fsp3) is 0.417. The number of thioether (sulfide) groups is 1. The highest BCUT2D eigenvalue weighted by Gasteiger charge is 2.28. The van der Waals surface area contributed by atoms with Gasteiger partial charge in [0.25, 0.3) is 0 Å². The number of carbonyl (C=O) groups excluding carboxylic acids is 1. The Kier molecular flexibility index (Phi) is 6.91. The summed E-state index contributed by atoms with van der Waals surface area (Å²) in [4.78, 5) is 26.0. The van der Waals surface area contributed by atoms with Crippen LogP contribution in [0.25, 0.3) is 11.0 Å². The number of aromatic nitrogens is 3. The molecule has 34 heavy (non-hydrogen) atoms. The molecule has 1 unspecified atom stereocenters. The maximum absolute atomic E-state index is 11.6. The number of pyridine rings is 3. The average Bonchev–Trinajstić information content (AvgIpc) is 2.87. The normalized spacial score (nSPS) is 21.1. The number of hydrogen-bond donors (Lipinski definition) is 3. The van der Waals surface area contributed by atoms with Crippen molar-refractivity contribution in [3.05, 3.63) is 47.8 Å². The molecule has 10 heteroatoms. The maximum Gasteiger partial charge on any atom is 0.235 e. The molecule has 0 bridgehead atoms. The lowest BCUT2D eigenvalue weighted by atomic mass is 9.96. The lowest BCUT2D eigenvalue weighted by Crippen LogP contribution is -2.44. The van der Waals surface area contributed by atoms with Crippen LogP contribution in [0.15, 0.2) is 41.4 Å². The predicted octanol–water partition coefficient (Wildman–Crippen LogP) is 2.32. The van der Waals surface area contributed by atoms with E-state index in [9.17, 15) is 9.90 Å². The number of aliphatic hydroxyl groups is 1. The average molecular weight is 482 g/mol. The van der Waals surface area contributed by atoms with Gasteiger partial charge in [-0.1, -0.05) is 0 Å². The van der Waals surface area contributed by atoms with E-state index in [0.717, 1.165) is 40.0 Å². The number of anilines is 1. The fourth-order valence-corrected chi connectivity index (χ4v) is 5.04. The highest BCUT2D eigenvalue weighted by atomic mass is 32.2. The van der Waals surface area contributed by atoms with Crippen LogP contribution in [-0.2, 0) is 22.5 Å². The molecule has 1 amide bonds. The van der Waals surface area contributed by atoms with Crippen LogP contribution in [0.1, 0.15) is 24.1 Å². The molecule has 2 aliphatic heterocycles. The molecule has 0 aromatic carbocycles. The van der Waals surface area contributed by atoms with Gasteiger partial charge in [-0.2, -0.15) is 0 Å². The number of carbonyl (C=O) groups is 1. The van der Waals surface area contributed by atoms with Gasteiger partial charge >= 0.3 is 0 Å². The second-order valence-electron chi connectivity index (χ2n) is 8.48. The van der Waals surface area contributed by atoms with Gasteiger partial charge < -0.3 is 25.2 Å². The highest BCUT2D eigenvalue weighted by molar-refractivity contribution is 8.00. The van der Waals surface area contributed by atoms with Crippen molar-refractivity contribution in [3.63, 3.8) is 0 Å². The zero-order valence-electron chi connectivity index (χ0n) is 18.9. The first-order chi connectivity index (χ1) is 16.6. The Morgan fingerprint density at radius 2 is 2.18 bits per heavy atom. The van der Waals surface area contributed by atoms with Crippen LogP contribution in [0.5, 0.6) is 5.88 Å². The fourth-order valence-electron chi connectivity index (χ4n) is 4.28. The van der Waals surface area contributed by atoms with Gasteiger partial charge in [0.05, 0.1) is 53.3 Å². The smallest absolute Gasteiger partial charge is 0.235 e. The predicted molar refractivity (Wildman–Crippen MR) is 129 cm³/mol. The van der Waals surface area contributed by atoms with Crippen molar-refractivity contribution in [2.24, 2.45) is 0 Å². The molecule has 0 radical (unpaired) electrons. The summed E-state index contributed by atoms with van der Waals surface area (Å²) in [5, 5.41) is 17.2. The van der Waals surface area contributed by atoms with Crippen LogP contribution in [0, 0.1) is 0 Å². The topological polar surface area (TPSA) is 118 Å². The molecule has 3 N–H and O–H groups in total. The molecule has 5 heterocycles. The van der Waals surface area contributed by atoms with E-state index in [-0.39, 0.29) is 18.1 Å². The largest absolute Gasteiger partial charge is 0.481 e. The maximum atomic E-state index is 11.6. The van der Waals surface area contributed by atoms with E-state index in [1.54, 1.807) is 19.4 Å². The minimum Gasteiger partial charge on any atom is -0.481 e. The lowest BCUT2D eigenvalue weighted by Gasteiger charge is -2.32. The van der Waals surface area contributed by atoms with E-state index in [2.05, 4.69) is 25.6 Å². The Hall–Kier alpha value is -2.79. The molecule has 0 saturated carbocycles. The zero-order valence-corrected chi connectivity index (χ0v) is 19.7. The molecule has 2 aliphatic rings. The molecule has 1 fully saturated rings. The number of ether oxygens (including phenoxy) is 2. The molecule has 3 atom stereocenters. The zero-order chi connectivity index (χ0) is 23.5. The first-order valence-corrected chi connectivity index (χ1v) is 12.3. The van der Waals surface area contributed by atoms with Crippen LogP contribution in [0.4, 0.5) is 5.82 Å². The van der Waals surface area contributed by atoms with E-state index in [0.29, 0.717) is 37.0 Å². The molecule has 0 spiro atoms. The Labute approximate surface area is 201 Å². The third-order valence-corrected chi connectivity index (χ3v) is 7.17. The lowest BCUT2D eigenvalue weighted by molar-refractivity contribution is -0.113. The van der Waals surface area contributed by atoms with Crippen molar-refractivity contribution in [1.29, 1.82) is 0 Å². The van der Waals surface area contributed by atoms with Crippen molar-refractivity contribution < 1.29 is 19.4 Å². The van der Waals surface area contributed by atoms with Gasteiger partial charge in [0, 0.05) is 31.3 Å². The summed E-state index contributed by atoms with van der Waals surface area (Å²) in [6, 6.07) is 9.70. The van der Waals surface area contributed by atoms with Crippen LogP contribution >= 0.6 is 11.8 Å². The third-order valence-electron chi connectivity index (χ3n) is 6.12. The Morgan fingerprint density at radius 3 is 3.00 bits per heavy atom. The van der Waals surface area contributed by atoms with E-state index in [1.165, 1.54) is 11.8 Å². The van der Waals surface area contributed by atoms with Crippen molar-refractivity contribution in [1.82, 2.24) is 20.3 Å². The van der Waals surface area contributed by atoms with Gasteiger partial charge in [0.2, 0.25) is 11.8 Å². The van der Waals surface area contributed by atoms with Gasteiger partial charge in [-0.05, 0) is 42.7 Å². The molecule has 1 saturated heterocycles. The van der Waals surface area contributed by atoms with E-state index >= 15 is 0 Å². The van der Waals surface area contributed by atoms with Gasteiger partial charge in [-0.25, -0.2) is 9.97 Å². The Bertz CT molecular complexity index is 1190. The van der Waals surface area contributed by atoms with Crippen molar-refractivity contribution in [2.75, 3.05) is 24.8 Å². The summed E-state index contributed by atoms with van der Waals surface area (Å²) < 4.78 is 11.3. The molecule has 178 valence electrons. The number of hydrogen-bond acceptors (Lipinski definition) is 9. The van der Waals surface area contributed by atoms with Crippen LogP contribution in [0.3, 0.4) is 0 Å². The summed E-state index contributed by atoms with van der Waals surface area (Å²) in [7, 11) is 1.58. The number of nitrogens with zero attached hydrogens (tertiary/aromatic N) is 3. The quantitative estimate of drug-likeness (QED) is 0.467. The Balaban J connectivity index is 1.14. The van der Waals surface area contributed by atoms with E-state index in [4.69, 9.17) is 9.47 Å². The molecular formula is C24H27N5O4S. The van der Waals surface area contributed by atoms with Gasteiger partial charge in [0.1, 0.15) is 5.82 Å². The summed E-state index contributed by atoms with van der Waals surface area (Å²) in [5.74, 6) is 1.57. The van der Waals surface area contributed by atoms with Crippen molar-refractivity contribution >= 4 is 34.5 Å². The van der Waals surface area contributed by atoms with Crippen LogP contribution in [0.2, 0.25) is 0 Å². The van der Waals surface area contributed by atoms with Gasteiger partial charge in [-0.15, -0.1) is 11.8 Å². The molecule has 5 rings (SSSR count). The minimum absolute atomic E-state index is 0.0185. The summed E-state index contributed by atoms with van der Waals surface area (Å²) >= 11 is 1.51. The summed E-state index contributed by atoms with van der Waals surface area (Å²) in [6.07, 6.45) is 2.94. The monoisotopic (exact) mass is 481 g/mol. The second kappa shape index (κ2) is 10.2. The van der Waals surface area contributed by atoms with Crippen LogP contribution in [-0.4, -0.2) is 63.7 Å². The van der Waals surface area contributed by atoms with Gasteiger partial charge in [0.15, 0.2) is 0 Å². The number of aliphatic hydroxyl groups excluding tert-OH is 1. The Morgan fingerprint density at radius 1 is 1.26 bits per heavy atom. The van der Waals surface area contributed by atoms with Gasteiger partial charge in [-0.3, -0.25) is 9.78 Å². The number of amides is 1. The molecule has 3 aromatic heterocycles. The highest BCUT2D eigenvalue weighted by Crippen LogP contribution is 2.30. The number of nitrogens with one attached hydrogen (secondary N) is 2. The van der Waals surface area contributed by atoms with Crippen molar-refractivity contribution in [2.45, 2.75) is 49.0 Å². The SMILES string of the molecule is COc1ccc2nccc(CC(O)[C@@H]3CC[C@@H](NCc4ccc5c(n4)NC(=O)CS5)CO3)c2n1. The molecular weight excluding hydrogens is 454 g/mol. The molecule has 9 nitrogen and oxygen atoms in total. The molecule has 3 aromatic rings. The van der Waals surface area contributed by atoms with Crippen LogP contribution < -0.4 is 15.4 Å².